The van der Waals surface area contributed by atoms with Gasteiger partial charge in [0.2, 0.25) is 0 Å². The summed E-state index contributed by atoms with van der Waals surface area (Å²) in [5, 5.41) is 11.6. The van der Waals surface area contributed by atoms with E-state index in [1.165, 1.54) is 6.42 Å². The summed E-state index contributed by atoms with van der Waals surface area (Å²) in [7, 11) is 0. The van der Waals surface area contributed by atoms with Crippen LogP contribution in [-0.4, -0.2) is 43.6 Å². The zero-order valence-electron chi connectivity index (χ0n) is 17.6. The number of aromatic nitrogens is 4. The van der Waals surface area contributed by atoms with Crippen molar-refractivity contribution in [3.05, 3.63) is 84.7 Å². The van der Waals surface area contributed by atoms with Crippen LogP contribution < -0.4 is 0 Å². The molecule has 0 N–H and O–H groups in total. The van der Waals surface area contributed by atoms with Crippen LogP contribution in [0.4, 0.5) is 0 Å². The fourth-order valence-electron chi connectivity index (χ4n) is 5.16. The van der Waals surface area contributed by atoms with Crippen LogP contribution in [0.2, 0.25) is 0 Å². The molecule has 1 aliphatic heterocycles. The fourth-order valence-corrected chi connectivity index (χ4v) is 5.16. The van der Waals surface area contributed by atoms with E-state index in [1.54, 1.807) is 11.0 Å². The van der Waals surface area contributed by atoms with Gasteiger partial charge in [-0.25, -0.2) is 4.68 Å². The smallest absolute Gasteiger partial charge is 0.254 e. The minimum absolute atomic E-state index is 0.104. The second-order valence-corrected chi connectivity index (χ2v) is 8.76. The van der Waals surface area contributed by atoms with Gasteiger partial charge in [-0.3, -0.25) is 4.79 Å². The molecule has 1 saturated carbocycles. The molecule has 2 bridgehead atoms. The number of hydrogen-bond acceptors (Lipinski definition) is 4. The molecule has 32 heavy (non-hydrogen) atoms. The van der Waals surface area contributed by atoms with Crippen molar-refractivity contribution in [2.75, 3.05) is 6.54 Å². The third-order valence-electron chi connectivity index (χ3n) is 6.75. The first-order valence-corrected chi connectivity index (χ1v) is 11.1. The molecule has 2 fully saturated rings. The molecule has 1 aromatic heterocycles. The molecule has 1 aliphatic carbocycles. The highest BCUT2D eigenvalue weighted by atomic mass is 16.2. The Morgan fingerprint density at radius 2 is 1.66 bits per heavy atom. The van der Waals surface area contributed by atoms with Crippen molar-refractivity contribution in [2.24, 2.45) is 5.92 Å². The van der Waals surface area contributed by atoms with Gasteiger partial charge in [0.25, 0.3) is 5.91 Å². The zero-order valence-corrected chi connectivity index (χ0v) is 17.6. The monoisotopic (exact) mass is 421 g/mol. The topological polar surface area (TPSA) is 63.9 Å². The lowest BCUT2D eigenvalue weighted by Gasteiger charge is -2.27. The first kappa shape index (κ1) is 18.9. The average molecular weight is 422 g/mol. The van der Waals surface area contributed by atoms with E-state index < -0.39 is 0 Å². The van der Waals surface area contributed by atoms with Crippen molar-refractivity contribution >= 4 is 5.91 Å². The van der Waals surface area contributed by atoms with Gasteiger partial charge in [-0.15, -0.1) is 5.10 Å². The van der Waals surface area contributed by atoms with E-state index in [9.17, 15) is 4.79 Å². The lowest BCUT2D eigenvalue weighted by atomic mass is 9.97. The molecule has 2 atom stereocenters. The molecule has 2 heterocycles. The van der Waals surface area contributed by atoms with Gasteiger partial charge in [0.05, 0.1) is 5.69 Å². The van der Waals surface area contributed by atoms with Crippen LogP contribution in [0.3, 0.4) is 0 Å². The molecule has 0 spiro atoms. The van der Waals surface area contributed by atoms with Crippen LogP contribution in [-0.2, 0) is 0 Å². The fraction of sp³-hybridized carbons (Fsp3) is 0.231. The number of rotatable bonds is 4. The largest absolute Gasteiger partial charge is 0.335 e. The van der Waals surface area contributed by atoms with E-state index in [0.29, 0.717) is 17.5 Å². The Hall–Kier alpha value is -3.80. The lowest BCUT2D eigenvalue weighted by Crippen LogP contribution is -2.37. The van der Waals surface area contributed by atoms with Gasteiger partial charge in [-0.1, -0.05) is 48.5 Å². The molecular formula is C26H23N5O. The average Bonchev–Trinajstić information content (AvgIpc) is 3.63. The molecule has 2 unspecified atom stereocenters. The summed E-state index contributed by atoms with van der Waals surface area (Å²) < 4.78 is 1.61. The summed E-state index contributed by atoms with van der Waals surface area (Å²) >= 11 is 0. The predicted octanol–water partition coefficient (Wildman–Crippen LogP) is 4.62. The zero-order chi connectivity index (χ0) is 21.5. The third-order valence-corrected chi connectivity index (χ3v) is 6.75. The van der Waals surface area contributed by atoms with Gasteiger partial charge < -0.3 is 4.90 Å². The highest BCUT2D eigenvalue weighted by Crippen LogP contribution is 2.38. The highest BCUT2D eigenvalue weighted by molar-refractivity contribution is 5.97. The van der Waals surface area contributed by atoms with Crippen molar-refractivity contribution in [3.63, 3.8) is 0 Å². The predicted molar refractivity (Wildman–Crippen MR) is 122 cm³/mol. The molecule has 2 aliphatic rings. The maximum atomic E-state index is 13.5. The first-order chi connectivity index (χ1) is 15.7. The number of piperidine rings is 1. The Bertz CT molecular complexity index is 1270. The number of tetrazole rings is 1. The quantitative estimate of drug-likeness (QED) is 0.482. The summed E-state index contributed by atoms with van der Waals surface area (Å²) in [5.74, 6) is 0.765. The summed E-state index contributed by atoms with van der Waals surface area (Å²) in [6.45, 7) is 0.872. The molecule has 1 amide bonds. The molecule has 1 saturated heterocycles. The van der Waals surface area contributed by atoms with Crippen LogP contribution in [0.15, 0.2) is 79.1 Å². The number of nitrogens with zero attached hydrogens (tertiary/aromatic N) is 5. The van der Waals surface area contributed by atoms with Crippen LogP contribution in [0.1, 0.15) is 29.6 Å². The Morgan fingerprint density at radius 3 is 2.38 bits per heavy atom. The Kier molecular flexibility index (Phi) is 4.56. The number of benzene rings is 3. The number of carbonyl (C=O) groups is 1. The minimum Gasteiger partial charge on any atom is -0.335 e. The van der Waals surface area contributed by atoms with Crippen molar-refractivity contribution < 1.29 is 4.79 Å². The number of fused-ring (bicyclic) bond motifs is 2. The van der Waals surface area contributed by atoms with Crippen molar-refractivity contribution in [1.29, 1.82) is 0 Å². The van der Waals surface area contributed by atoms with E-state index in [-0.39, 0.29) is 5.91 Å². The first-order valence-electron chi connectivity index (χ1n) is 11.1. The van der Waals surface area contributed by atoms with Crippen molar-refractivity contribution in [2.45, 2.75) is 25.3 Å². The van der Waals surface area contributed by atoms with Crippen LogP contribution in [0.5, 0.6) is 0 Å². The van der Waals surface area contributed by atoms with Crippen LogP contribution in [0, 0.1) is 5.92 Å². The Labute approximate surface area is 186 Å². The summed E-state index contributed by atoms with van der Waals surface area (Å²) in [5.41, 5.74) is 5.80. The third kappa shape index (κ3) is 3.38. The molecule has 6 rings (SSSR count). The molecule has 6 heteroatoms. The molecule has 3 aromatic carbocycles. The highest BCUT2D eigenvalue weighted by Gasteiger charge is 2.40. The van der Waals surface area contributed by atoms with Crippen molar-refractivity contribution in [1.82, 2.24) is 25.1 Å². The molecular weight excluding hydrogens is 398 g/mol. The van der Waals surface area contributed by atoms with Gasteiger partial charge in [0.15, 0.2) is 0 Å². The van der Waals surface area contributed by atoms with E-state index in [1.807, 2.05) is 36.4 Å². The molecule has 0 radical (unpaired) electrons. The Morgan fingerprint density at radius 1 is 0.844 bits per heavy atom. The van der Waals surface area contributed by atoms with Crippen LogP contribution in [0.25, 0.3) is 27.9 Å². The summed E-state index contributed by atoms with van der Waals surface area (Å²) in [6.07, 6.45) is 5.07. The maximum absolute atomic E-state index is 13.5. The number of likely N-dealkylation sites (tertiary alicyclic amines) is 1. The molecule has 158 valence electrons. The lowest BCUT2D eigenvalue weighted by molar-refractivity contribution is 0.0703. The van der Waals surface area contributed by atoms with Gasteiger partial charge in [-0.2, -0.15) is 0 Å². The van der Waals surface area contributed by atoms with Gasteiger partial charge in [-0.05, 0) is 82.1 Å². The second-order valence-electron chi connectivity index (χ2n) is 8.76. The summed E-state index contributed by atoms with van der Waals surface area (Å²) in [4.78, 5) is 15.6. The van der Waals surface area contributed by atoms with E-state index in [4.69, 9.17) is 0 Å². The molecule has 6 nitrogen and oxygen atoms in total. The SMILES string of the molecule is O=C(c1cc(-c2cccc(-c3ccccc3)c2)cc(-n2cnnn2)c1)N1CC2CCC1C2. The van der Waals surface area contributed by atoms with Crippen LogP contribution >= 0.6 is 0 Å². The van der Waals surface area contributed by atoms with Gasteiger partial charge in [0.1, 0.15) is 6.33 Å². The number of amides is 1. The maximum Gasteiger partial charge on any atom is 0.254 e. The van der Waals surface area contributed by atoms with Gasteiger partial charge in [0, 0.05) is 18.2 Å². The van der Waals surface area contributed by atoms with E-state index in [0.717, 1.165) is 47.3 Å². The number of hydrogen-bond donors (Lipinski definition) is 0. The van der Waals surface area contributed by atoms with Gasteiger partial charge >= 0.3 is 0 Å². The Balaban J connectivity index is 1.43. The summed E-state index contributed by atoms with van der Waals surface area (Å²) in [6, 6.07) is 25.1. The van der Waals surface area contributed by atoms with E-state index in [2.05, 4.69) is 56.8 Å². The van der Waals surface area contributed by atoms with Crippen molar-refractivity contribution in [3.8, 4) is 27.9 Å². The van der Waals surface area contributed by atoms with E-state index >= 15 is 0 Å². The normalized spacial score (nSPS) is 19.4. The standard InChI is InChI=1S/C26H23N5O/c32-26(30-16-18-9-10-24(30)11-18)23-13-22(14-25(15-23)31-17-27-28-29-31)21-8-4-7-20(12-21)19-5-2-1-3-6-19/h1-8,12-15,17-18,24H,9-11,16H2. The molecule has 4 aromatic rings. The second kappa shape index (κ2) is 7.71. The minimum atomic E-state index is 0.104. The number of carbonyl (C=O) groups excluding carboxylic acids is 1.